The minimum atomic E-state index is 0.497. The van der Waals surface area contributed by atoms with Gasteiger partial charge in [-0.25, -0.2) is 4.98 Å². The molecule has 0 unspecified atom stereocenters. The zero-order chi connectivity index (χ0) is 17.3. The van der Waals surface area contributed by atoms with Gasteiger partial charge in [0.25, 0.3) is 0 Å². The number of aromatic nitrogens is 1. The molecule has 0 spiro atoms. The number of ether oxygens (including phenoxy) is 3. The van der Waals surface area contributed by atoms with E-state index in [9.17, 15) is 0 Å². The van der Waals surface area contributed by atoms with E-state index in [0.717, 1.165) is 18.6 Å². The molecular formula is C21H25NO3. The van der Waals surface area contributed by atoms with E-state index >= 15 is 0 Å². The van der Waals surface area contributed by atoms with Crippen LogP contribution in [0.2, 0.25) is 0 Å². The summed E-state index contributed by atoms with van der Waals surface area (Å²) < 4.78 is 16.4. The van der Waals surface area contributed by atoms with Crippen molar-refractivity contribution < 1.29 is 14.2 Å². The molecule has 1 aromatic carbocycles. The molecule has 25 heavy (non-hydrogen) atoms. The molecule has 1 aliphatic carbocycles. The summed E-state index contributed by atoms with van der Waals surface area (Å²) in [6.07, 6.45) is 6.44. The second-order valence-corrected chi connectivity index (χ2v) is 6.12. The third-order valence-electron chi connectivity index (χ3n) is 4.36. The Morgan fingerprint density at radius 3 is 2.52 bits per heavy atom. The number of pyridine rings is 1. The second-order valence-electron chi connectivity index (χ2n) is 6.12. The molecule has 1 heterocycles. The van der Waals surface area contributed by atoms with E-state index in [2.05, 4.69) is 35.3 Å². The topological polar surface area (TPSA) is 40.6 Å². The highest BCUT2D eigenvalue weighted by atomic mass is 16.5. The van der Waals surface area contributed by atoms with Crippen LogP contribution >= 0.6 is 0 Å². The molecule has 0 saturated heterocycles. The van der Waals surface area contributed by atoms with Gasteiger partial charge in [-0.3, -0.25) is 0 Å². The summed E-state index contributed by atoms with van der Waals surface area (Å²) in [7, 11) is 1.65. The molecule has 3 rings (SSSR count). The van der Waals surface area contributed by atoms with Crippen LogP contribution in [0.4, 0.5) is 0 Å². The van der Waals surface area contributed by atoms with Gasteiger partial charge in [0.15, 0.2) is 0 Å². The van der Waals surface area contributed by atoms with Crippen molar-refractivity contribution in [1.82, 2.24) is 4.98 Å². The van der Waals surface area contributed by atoms with Crippen LogP contribution in [0, 0.1) is 0 Å². The van der Waals surface area contributed by atoms with Crippen molar-refractivity contribution >= 4 is 5.57 Å². The molecule has 132 valence electrons. The maximum atomic E-state index is 5.98. The van der Waals surface area contributed by atoms with E-state index in [1.54, 1.807) is 13.3 Å². The first-order chi connectivity index (χ1) is 12.4. The SMILES string of the molecule is COCCOc1ccc(OCC2=C(c3ccccc3)CCCC2)cn1. The Labute approximate surface area is 149 Å². The van der Waals surface area contributed by atoms with E-state index in [4.69, 9.17) is 14.2 Å². The zero-order valence-electron chi connectivity index (χ0n) is 14.7. The first-order valence-corrected chi connectivity index (χ1v) is 8.84. The number of allylic oxidation sites excluding steroid dienone is 1. The number of methoxy groups -OCH3 is 1. The molecule has 0 N–H and O–H groups in total. The summed E-state index contributed by atoms with van der Waals surface area (Å²) in [5.74, 6) is 1.36. The summed E-state index contributed by atoms with van der Waals surface area (Å²) in [5, 5.41) is 0. The molecule has 2 aromatic rings. The summed E-state index contributed by atoms with van der Waals surface area (Å²) in [6.45, 7) is 1.67. The third kappa shape index (κ3) is 5.07. The molecule has 0 amide bonds. The molecule has 0 radical (unpaired) electrons. The van der Waals surface area contributed by atoms with Gasteiger partial charge < -0.3 is 14.2 Å². The third-order valence-corrected chi connectivity index (χ3v) is 4.36. The van der Waals surface area contributed by atoms with Gasteiger partial charge >= 0.3 is 0 Å². The predicted molar refractivity (Wildman–Crippen MR) is 98.9 cm³/mol. The molecule has 4 heteroatoms. The van der Waals surface area contributed by atoms with Crippen LogP contribution in [-0.2, 0) is 4.74 Å². The number of hydrogen-bond donors (Lipinski definition) is 0. The fourth-order valence-corrected chi connectivity index (χ4v) is 3.05. The van der Waals surface area contributed by atoms with Crippen molar-refractivity contribution in [3.63, 3.8) is 0 Å². The second kappa shape index (κ2) is 9.23. The predicted octanol–water partition coefficient (Wildman–Crippen LogP) is 4.51. The number of benzene rings is 1. The van der Waals surface area contributed by atoms with Gasteiger partial charge in [0.2, 0.25) is 5.88 Å². The molecule has 0 atom stereocenters. The Morgan fingerprint density at radius 2 is 1.76 bits per heavy atom. The fraction of sp³-hybridized carbons (Fsp3) is 0.381. The highest BCUT2D eigenvalue weighted by Crippen LogP contribution is 2.32. The Bertz CT molecular complexity index is 680. The van der Waals surface area contributed by atoms with Gasteiger partial charge in [-0.05, 0) is 48.5 Å². The van der Waals surface area contributed by atoms with Crippen LogP contribution in [0.5, 0.6) is 11.6 Å². The Balaban J connectivity index is 1.62. The summed E-state index contributed by atoms with van der Waals surface area (Å²) >= 11 is 0. The minimum absolute atomic E-state index is 0.497. The van der Waals surface area contributed by atoms with Crippen LogP contribution in [0.1, 0.15) is 31.2 Å². The van der Waals surface area contributed by atoms with Gasteiger partial charge in [0, 0.05) is 13.2 Å². The average Bonchev–Trinajstić information content (AvgIpc) is 2.68. The number of rotatable bonds is 8. The fourth-order valence-electron chi connectivity index (χ4n) is 3.05. The lowest BCUT2D eigenvalue weighted by atomic mass is 9.88. The van der Waals surface area contributed by atoms with E-state index in [0.29, 0.717) is 25.7 Å². The van der Waals surface area contributed by atoms with E-state index in [1.807, 2.05) is 12.1 Å². The van der Waals surface area contributed by atoms with Crippen LogP contribution in [0.25, 0.3) is 5.57 Å². The molecule has 1 aliphatic rings. The normalized spacial score (nSPS) is 14.4. The molecule has 0 fully saturated rings. The van der Waals surface area contributed by atoms with Gasteiger partial charge in [-0.2, -0.15) is 0 Å². The van der Waals surface area contributed by atoms with Crippen molar-refractivity contribution in [2.75, 3.05) is 26.9 Å². The zero-order valence-corrected chi connectivity index (χ0v) is 14.7. The minimum Gasteiger partial charge on any atom is -0.488 e. The Morgan fingerprint density at radius 1 is 0.920 bits per heavy atom. The molecule has 0 saturated carbocycles. The summed E-state index contributed by atoms with van der Waals surface area (Å²) in [6, 6.07) is 14.4. The largest absolute Gasteiger partial charge is 0.488 e. The monoisotopic (exact) mass is 339 g/mol. The summed E-state index contributed by atoms with van der Waals surface area (Å²) in [5.41, 5.74) is 4.16. The van der Waals surface area contributed by atoms with Crippen LogP contribution in [0.15, 0.2) is 54.2 Å². The number of nitrogens with zero attached hydrogens (tertiary/aromatic N) is 1. The Hall–Kier alpha value is -2.33. The standard InChI is InChI=1S/C21H25NO3/c1-23-13-14-24-21-12-11-19(15-22-21)25-16-18-9-5-6-10-20(18)17-7-3-2-4-8-17/h2-4,7-8,11-12,15H,5-6,9-10,13-14,16H2,1H3. The molecule has 0 bridgehead atoms. The van der Waals surface area contributed by atoms with Gasteiger partial charge in [-0.1, -0.05) is 30.3 Å². The van der Waals surface area contributed by atoms with Crippen molar-refractivity contribution in [3.05, 3.63) is 59.8 Å². The number of hydrogen-bond acceptors (Lipinski definition) is 4. The molecule has 0 aliphatic heterocycles. The Kier molecular flexibility index (Phi) is 6.46. The van der Waals surface area contributed by atoms with Gasteiger partial charge in [-0.15, -0.1) is 0 Å². The van der Waals surface area contributed by atoms with E-state index in [1.165, 1.54) is 29.6 Å². The van der Waals surface area contributed by atoms with Crippen LogP contribution < -0.4 is 9.47 Å². The maximum absolute atomic E-state index is 5.98. The smallest absolute Gasteiger partial charge is 0.213 e. The van der Waals surface area contributed by atoms with Crippen molar-refractivity contribution in [3.8, 4) is 11.6 Å². The first-order valence-electron chi connectivity index (χ1n) is 8.84. The first kappa shape index (κ1) is 17.5. The molecule has 1 aromatic heterocycles. The highest BCUT2D eigenvalue weighted by Gasteiger charge is 2.15. The molecular weight excluding hydrogens is 314 g/mol. The summed E-state index contributed by atoms with van der Waals surface area (Å²) in [4.78, 5) is 4.27. The molecule has 4 nitrogen and oxygen atoms in total. The van der Waals surface area contributed by atoms with E-state index in [-0.39, 0.29) is 0 Å². The average molecular weight is 339 g/mol. The lowest BCUT2D eigenvalue weighted by molar-refractivity contribution is 0.143. The maximum Gasteiger partial charge on any atom is 0.213 e. The quantitative estimate of drug-likeness (QED) is 0.663. The van der Waals surface area contributed by atoms with Crippen LogP contribution in [-0.4, -0.2) is 31.9 Å². The lowest BCUT2D eigenvalue weighted by Gasteiger charge is -2.21. The van der Waals surface area contributed by atoms with Crippen molar-refractivity contribution in [2.24, 2.45) is 0 Å². The van der Waals surface area contributed by atoms with Crippen molar-refractivity contribution in [1.29, 1.82) is 0 Å². The highest BCUT2D eigenvalue weighted by molar-refractivity contribution is 5.69. The van der Waals surface area contributed by atoms with E-state index < -0.39 is 0 Å². The van der Waals surface area contributed by atoms with Crippen molar-refractivity contribution in [2.45, 2.75) is 25.7 Å². The lowest BCUT2D eigenvalue weighted by Crippen LogP contribution is -2.09. The van der Waals surface area contributed by atoms with Gasteiger partial charge in [0.1, 0.15) is 19.0 Å². The van der Waals surface area contributed by atoms with Crippen LogP contribution in [0.3, 0.4) is 0 Å². The van der Waals surface area contributed by atoms with Gasteiger partial charge in [0.05, 0.1) is 12.8 Å².